The normalized spacial score (nSPS) is 14.8. The van der Waals surface area contributed by atoms with Gasteiger partial charge in [-0.2, -0.15) is 0 Å². The molecule has 0 spiro atoms. The summed E-state index contributed by atoms with van der Waals surface area (Å²) >= 11 is 0. The number of rotatable bonds is 4. The van der Waals surface area contributed by atoms with Gasteiger partial charge in [0.05, 0.1) is 10.8 Å². The van der Waals surface area contributed by atoms with E-state index in [4.69, 9.17) is 4.43 Å². The zero-order chi connectivity index (χ0) is 10.9. The van der Waals surface area contributed by atoms with Crippen molar-refractivity contribution in [2.45, 2.75) is 65.0 Å². The fourth-order valence-electron chi connectivity index (χ4n) is 0.888. The lowest BCUT2D eigenvalue weighted by Gasteiger charge is -2.41. The minimum Gasteiger partial charge on any atom is -0.410 e. The van der Waals surface area contributed by atoms with Crippen molar-refractivity contribution >= 4 is 8.32 Å². The summed E-state index contributed by atoms with van der Waals surface area (Å²) in [7, 11) is -2.01. The van der Waals surface area contributed by atoms with Gasteiger partial charge in [-0.25, -0.2) is 0 Å². The van der Waals surface area contributed by atoms with Crippen LogP contribution in [-0.4, -0.2) is 24.2 Å². The Balaban J connectivity index is 4.52. The van der Waals surface area contributed by atoms with Gasteiger partial charge in [-0.1, -0.05) is 6.92 Å². The maximum absolute atomic E-state index is 9.94. The summed E-state index contributed by atoms with van der Waals surface area (Å²) in [6, 6.07) is 0. The summed E-state index contributed by atoms with van der Waals surface area (Å²) in [6.45, 7) is 14.1. The molecule has 0 radical (unpaired) electrons. The van der Waals surface area contributed by atoms with E-state index in [2.05, 4.69) is 33.9 Å². The molecule has 0 unspecified atom stereocenters. The Bertz CT molecular complexity index is 168. The van der Waals surface area contributed by atoms with Crippen LogP contribution in [-0.2, 0) is 4.43 Å². The van der Waals surface area contributed by atoms with Gasteiger partial charge in [0, 0.05) is 0 Å². The van der Waals surface area contributed by atoms with Crippen LogP contribution in [0.5, 0.6) is 0 Å². The molecule has 0 saturated heterocycles. The maximum Gasteiger partial charge on any atom is 0.217 e. The van der Waals surface area contributed by atoms with E-state index in [0.717, 1.165) is 6.42 Å². The number of hydrogen-bond donors (Lipinski definition) is 1. The third kappa shape index (κ3) is 3.79. The zero-order valence-corrected chi connectivity index (χ0v) is 11.1. The van der Waals surface area contributed by atoms with E-state index in [1.165, 1.54) is 0 Å². The van der Waals surface area contributed by atoms with Gasteiger partial charge in [0.2, 0.25) is 8.32 Å². The predicted molar refractivity (Wildman–Crippen MR) is 59.2 cm³/mol. The Hall–Kier alpha value is 0.137. The minimum absolute atomic E-state index is 0.115. The van der Waals surface area contributed by atoms with E-state index in [9.17, 15) is 5.11 Å². The van der Waals surface area contributed by atoms with Crippen molar-refractivity contribution in [3.8, 4) is 0 Å². The summed E-state index contributed by atoms with van der Waals surface area (Å²) in [5, 5.41) is 9.26. The Morgan fingerprint density at radius 3 is 1.77 bits per heavy atom. The van der Waals surface area contributed by atoms with Crippen LogP contribution in [0.15, 0.2) is 0 Å². The zero-order valence-electron chi connectivity index (χ0n) is 10.1. The maximum atomic E-state index is 9.94. The highest BCUT2D eigenvalue weighted by molar-refractivity contribution is 6.74. The molecule has 0 amide bonds. The topological polar surface area (TPSA) is 29.5 Å². The molecule has 80 valence electrons. The molecule has 0 aliphatic rings. The van der Waals surface area contributed by atoms with Crippen molar-refractivity contribution in [3.63, 3.8) is 0 Å². The highest BCUT2D eigenvalue weighted by Crippen LogP contribution is 2.28. The Morgan fingerprint density at radius 2 is 1.54 bits per heavy atom. The van der Waals surface area contributed by atoms with Crippen molar-refractivity contribution in [1.29, 1.82) is 0 Å². The molecule has 0 heterocycles. The minimum atomic E-state index is -2.01. The van der Waals surface area contributed by atoms with Crippen LogP contribution in [0, 0.1) is 0 Å². The Kier molecular flexibility index (Phi) is 3.75. The quantitative estimate of drug-likeness (QED) is 0.714. The molecule has 0 atom stereocenters. The third-order valence-corrected chi connectivity index (χ3v) is 6.87. The van der Waals surface area contributed by atoms with Crippen molar-refractivity contribution in [2.75, 3.05) is 0 Å². The van der Waals surface area contributed by atoms with Crippen LogP contribution < -0.4 is 0 Å². The highest BCUT2D eigenvalue weighted by atomic mass is 28.4. The first-order chi connectivity index (χ1) is 5.52. The van der Waals surface area contributed by atoms with Crippen LogP contribution in [0.2, 0.25) is 13.1 Å². The second-order valence-electron chi connectivity index (χ2n) is 5.28. The fourth-order valence-corrected chi connectivity index (χ4v) is 2.66. The van der Waals surface area contributed by atoms with E-state index in [-0.39, 0.29) is 5.60 Å². The highest BCUT2D eigenvalue weighted by Gasteiger charge is 2.42. The van der Waals surface area contributed by atoms with Crippen LogP contribution in [0.1, 0.15) is 41.0 Å². The fraction of sp³-hybridized carbons (Fsp3) is 1.00. The average molecular weight is 204 g/mol. The molecule has 0 aliphatic heterocycles. The lowest BCUT2D eigenvalue weighted by Crippen LogP contribution is -2.56. The van der Waals surface area contributed by atoms with Gasteiger partial charge >= 0.3 is 0 Å². The molecule has 2 nitrogen and oxygen atoms in total. The van der Waals surface area contributed by atoms with E-state index >= 15 is 0 Å². The molecule has 0 bridgehead atoms. The van der Waals surface area contributed by atoms with E-state index < -0.39 is 13.5 Å². The first-order valence-corrected chi connectivity index (χ1v) is 7.85. The molecule has 0 fully saturated rings. The monoisotopic (exact) mass is 204 g/mol. The summed E-state index contributed by atoms with van der Waals surface area (Å²) < 4.78 is 6.03. The molecule has 1 N–H and O–H groups in total. The Labute approximate surface area is 83.4 Å². The SMILES string of the molecule is CCC(C)(C)O[Si](C)(C)C(C)(C)O. The van der Waals surface area contributed by atoms with Gasteiger partial charge in [0.25, 0.3) is 0 Å². The molecule has 0 rings (SSSR count). The predicted octanol–water partition coefficient (Wildman–Crippen LogP) is 2.71. The van der Waals surface area contributed by atoms with Crippen molar-refractivity contribution < 1.29 is 9.53 Å². The summed E-state index contributed by atoms with van der Waals surface area (Å²) in [5.41, 5.74) is -0.115. The van der Waals surface area contributed by atoms with Gasteiger partial charge in [-0.05, 0) is 47.2 Å². The summed E-state index contributed by atoms with van der Waals surface area (Å²) in [6.07, 6.45) is 0.972. The first-order valence-electron chi connectivity index (χ1n) is 4.94. The molecule has 0 saturated carbocycles. The third-order valence-electron chi connectivity index (χ3n) is 2.86. The van der Waals surface area contributed by atoms with Gasteiger partial charge in [-0.15, -0.1) is 0 Å². The van der Waals surface area contributed by atoms with Crippen molar-refractivity contribution in [3.05, 3.63) is 0 Å². The average Bonchev–Trinajstić information content (AvgIpc) is 1.83. The van der Waals surface area contributed by atoms with Crippen LogP contribution in [0.4, 0.5) is 0 Å². The molecule has 0 aromatic heterocycles. The van der Waals surface area contributed by atoms with Crippen LogP contribution >= 0.6 is 0 Å². The molecule has 13 heavy (non-hydrogen) atoms. The Morgan fingerprint density at radius 1 is 1.15 bits per heavy atom. The molecular formula is C10H24O2Si. The van der Waals surface area contributed by atoms with Gasteiger partial charge in [-0.3, -0.25) is 0 Å². The van der Waals surface area contributed by atoms with Crippen LogP contribution in [0.25, 0.3) is 0 Å². The first kappa shape index (κ1) is 13.1. The smallest absolute Gasteiger partial charge is 0.217 e. The number of aliphatic hydroxyl groups is 1. The van der Waals surface area contributed by atoms with Crippen molar-refractivity contribution in [1.82, 2.24) is 0 Å². The molecule has 0 aromatic rings. The van der Waals surface area contributed by atoms with E-state index in [1.807, 2.05) is 13.8 Å². The van der Waals surface area contributed by atoms with Gasteiger partial charge < -0.3 is 9.53 Å². The van der Waals surface area contributed by atoms with E-state index in [0.29, 0.717) is 0 Å². The number of hydrogen-bond acceptors (Lipinski definition) is 2. The second kappa shape index (κ2) is 3.71. The van der Waals surface area contributed by atoms with E-state index in [1.54, 1.807) is 0 Å². The van der Waals surface area contributed by atoms with Crippen molar-refractivity contribution in [2.24, 2.45) is 0 Å². The lowest BCUT2D eigenvalue weighted by atomic mass is 10.1. The molecule has 3 heteroatoms. The molecule has 0 aromatic carbocycles. The standard InChI is InChI=1S/C10H24O2Si/c1-8-9(2,3)12-13(6,7)10(4,5)11/h11H,8H2,1-7H3. The molecular weight excluding hydrogens is 180 g/mol. The summed E-state index contributed by atoms with van der Waals surface area (Å²) in [5.74, 6) is 0. The second-order valence-corrected chi connectivity index (χ2v) is 9.73. The van der Waals surface area contributed by atoms with Crippen LogP contribution in [0.3, 0.4) is 0 Å². The molecule has 0 aliphatic carbocycles. The lowest BCUT2D eigenvalue weighted by molar-refractivity contribution is 0.0497. The van der Waals surface area contributed by atoms with Gasteiger partial charge in [0.1, 0.15) is 0 Å². The van der Waals surface area contributed by atoms with Gasteiger partial charge in [0.15, 0.2) is 0 Å². The summed E-state index contributed by atoms with van der Waals surface area (Å²) in [4.78, 5) is 0. The largest absolute Gasteiger partial charge is 0.410 e.